The molecule has 0 heterocycles. The van der Waals surface area contributed by atoms with Crippen LogP contribution in [0.3, 0.4) is 0 Å². The minimum atomic E-state index is -0.0551. The van der Waals surface area contributed by atoms with Crippen LogP contribution in [0.2, 0.25) is 0 Å². The molecule has 2 atom stereocenters. The first-order valence-electron chi connectivity index (χ1n) is 5.79. The van der Waals surface area contributed by atoms with Crippen molar-refractivity contribution in [2.45, 2.75) is 19.9 Å². The van der Waals surface area contributed by atoms with E-state index in [2.05, 4.69) is 18.5 Å². The van der Waals surface area contributed by atoms with E-state index in [1.807, 2.05) is 18.7 Å². The zero-order valence-corrected chi connectivity index (χ0v) is 11.4. The number of benzene rings is 1. The Labute approximate surface area is 107 Å². The van der Waals surface area contributed by atoms with Crippen LogP contribution in [0.4, 0.5) is 0 Å². The van der Waals surface area contributed by atoms with E-state index in [4.69, 9.17) is 0 Å². The summed E-state index contributed by atoms with van der Waals surface area (Å²) in [6, 6.07) is 4.77. The molecule has 0 spiro atoms. The van der Waals surface area contributed by atoms with Gasteiger partial charge in [-0.05, 0) is 43.5 Å². The number of hydrogen-bond acceptors (Lipinski definition) is 4. The summed E-state index contributed by atoms with van der Waals surface area (Å²) < 4.78 is 0. The van der Waals surface area contributed by atoms with E-state index in [0.717, 1.165) is 12.3 Å². The molecule has 1 aromatic rings. The van der Waals surface area contributed by atoms with Gasteiger partial charge in [-0.2, -0.15) is 11.8 Å². The van der Waals surface area contributed by atoms with E-state index in [-0.39, 0.29) is 17.5 Å². The molecule has 0 saturated heterocycles. The molecular weight excluding hydrogens is 234 g/mol. The lowest BCUT2D eigenvalue weighted by atomic mass is 10.1. The fraction of sp³-hybridized carbons (Fsp3) is 0.538. The summed E-state index contributed by atoms with van der Waals surface area (Å²) in [6.07, 6.45) is 2.09. The van der Waals surface area contributed by atoms with Gasteiger partial charge >= 0.3 is 0 Å². The van der Waals surface area contributed by atoms with Gasteiger partial charge < -0.3 is 15.5 Å². The SMILES string of the molecule is CSCC(C)CNC(C)c1c(O)cccc1O. The molecule has 0 saturated carbocycles. The van der Waals surface area contributed by atoms with Crippen molar-refractivity contribution in [2.75, 3.05) is 18.6 Å². The van der Waals surface area contributed by atoms with Crippen molar-refractivity contribution in [3.05, 3.63) is 23.8 Å². The van der Waals surface area contributed by atoms with Gasteiger partial charge in [0.25, 0.3) is 0 Å². The average Bonchev–Trinajstić information content (AvgIpc) is 2.26. The van der Waals surface area contributed by atoms with Crippen molar-refractivity contribution in [1.82, 2.24) is 5.32 Å². The molecule has 0 aliphatic heterocycles. The molecule has 2 unspecified atom stereocenters. The first kappa shape index (κ1) is 14.2. The Bertz CT molecular complexity index is 337. The molecule has 0 aliphatic rings. The summed E-state index contributed by atoms with van der Waals surface area (Å²) in [7, 11) is 0. The minimum absolute atomic E-state index is 0.0551. The highest BCUT2D eigenvalue weighted by molar-refractivity contribution is 7.98. The van der Waals surface area contributed by atoms with Gasteiger partial charge in [0.2, 0.25) is 0 Å². The van der Waals surface area contributed by atoms with Crippen molar-refractivity contribution in [2.24, 2.45) is 5.92 Å². The molecule has 3 nitrogen and oxygen atoms in total. The Morgan fingerprint density at radius 3 is 2.35 bits per heavy atom. The minimum Gasteiger partial charge on any atom is -0.507 e. The molecule has 3 N–H and O–H groups in total. The van der Waals surface area contributed by atoms with Crippen molar-refractivity contribution in [3.63, 3.8) is 0 Å². The van der Waals surface area contributed by atoms with Crippen molar-refractivity contribution >= 4 is 11.8 Å². The summed E-state index contributed by atoms with van der Waals surface area (Å²) in [4.78, 5) is 0. The summed E-state index contributed by atoms with van der Waals surface area (Å²) in [6.45, 7) is 5.00. The zero-order chi connectivity index (χ0) is 12.8. The van der Waals surface area contributed by atoms with Gasteiger partial charge in [0.15, 0.2) is 0 Å². The largest absolute Gasteiger partial charge is 0.507 e. The molecule has 1 rings (SSSR count). The van der Waals surface area contributed by atoms with E-state index in [1.165, 1.54) is 0 Å². The summed E-state index contributed by atoms with van der Waals surface area (Å²) in [5.74, 6) is 1.96. The molecular formula is C13H21NO2S. The quantitative estimate of drug-likeness (QED) is 0.731. The van der Waals surface area contributed by atoms with E-state index in [0.29, 0.717) is 11.5 Å². The highest BCUT2D eigenvalue weighted by atomic mass is 32.2. The molecule has 0 aromatic heterocycles. The van der Waals surface area contributed by atoms with Gasteiger partial charge in [0.05, 0.1) is 5.56 Å². The molecule has 0 radical (unpaired) electrons. The lowest BCUT2D eigenvalue weighted by Crippen LogP contribution is -2.25. The van der Waals surface area contributed by atoms with Crippen LogP contribution < -0.4 is 5.32 Å². The van der Waals surface area contributed by atoms with Crippen LogP contribution in [0.5, 0.6) is 11.5 Å². The molecule has 0 amide bonds. The van der Waals surface area contributed by atoms with Gasteiger partial charge in [-0.25, -0.2) is 0 Å². The highest BCUT2D eigenvalue weighted by Gasteiger charge is 2.15. The van der Waals surface area contributed by atoms with Gasteiger partial charge in [0.1, 0.15) is 11.5 Å². The van der Waals surface area contributed by atoms with Gasteiger partial charge in [-0.15, -0.1) is 0 Å². The second kappa shape index (κ2) is 6.77. The van der Waals surface area contributed by atoms with Crippen LogP contribution >= 0.6 is 11.8 Å². The molecule has 1 aromatic carbocycles. The van der Waals surface area contributed by atoms with Gasteiger partial charge in [-0.3, -0.25) is 0 Å². The maximum Gasteiger partial charge on any atom is 0.124 e. The summed E-state index contributed by atoms with van der Waals surface area (Å²) >= 11 is 1.82. The Balaban J connectivity index is 2.61. The topological polar surface area (TPSA) is 52.5 Å². The molecule has 17 heavy (non-hydrogen) atoms. The number of nitrogens with one attached hydrogen (secondary N) is 1. The standard InChI is InChI=1S/C13H21NO2S/c1-9(8-17-3)7-14-10(2)13-11(15)5-4-6-12(13)16/h4-6,9-10,14-16H,7-8H2,1-3H3. The number of aromatic hydroxyl groups is 2. The molecule has 96 valence electrons. The van der Waals surface area contributed by atoms with Crippen molar-refractivity contribution in [3.8, 4) is 11.5 Å². The van der Waals surface area contributed by atoms with E-state index < -0.39 is 0 Å². The lowest BCUT2D eigenvalue weighted by molar-refractivity contribution is 0.412. The van der Waals surface area contributed by atoms with E-state index >= 15 is 0 Å². The third-order valence-electron chi connectivity index (χ3n) is 2.72. The van der Waals surface area contributed by atoms with Gasteiger partial charge in [0, 0.05) is 6.04 Å². The zero-order valence-electron chi connectivity index (χ0n) is 10.6. The molecule has 0 aliphatic carbocycles. The summed E-state index contributed by atoms with van der Waals surface area (Å²) in [5, 5.41) is 22.8. The van der Waals surface area contributed by atoms with Crippen LogP contribution in [0, 0.1) is 5.92 Å². The second-order valence-electron chi connectivity index (χ2n) is 4.40. The third-order valence-corrected chi connectivity index (χ3v) is 3.62. The fourth-order valence-corrected chi connectivity index (χ4v) is 2.50. The highest BCUT2D eigenvalue weighted by Crippen LogP contribution is 2.32. The maximum absolute atomic E-state index is 9.73. The first-order chi connectivity index (χ1) is 8.06. The summed E-state index contributed by atoms with van der Waals surface area (Å²) in [5.41, 5.74) is 0.573. The van der Waals surface area contributed by atoms with E-state index in [1.54, 1.807) is 18.2 Å². The maximum atomic E-state index is 9.73. The third kappa shape index (κ3) is 4.13. The smallest absolute Gasteiger partial charge is 0.124 e. The van der Waals surface area contributed by atoms with Crippen molar-refractivity contribution < 1.29 is 10.2 Å². The fourth-order valence-electron chi connectivity index (χ4n) is 1.81. The van der Waals surface area contributed by atoms with Crippen molar-refractivity contribution in [1.29, 1.82) is 0 Å². The number of thioether (sulfide) groups is 1. The molecule has 0 fully saturated rings. The predicted octanol–water partition coefficient (Wildman–Crippen LogP) is 2.75. The Morgan fingerprint density at radius 2 is 1.82 bits per heavy atom. The lowest BCUT2D eigenvalue weighted by Gasteiger charge is -2.19. The number of phenolic OH excluding ortho intramolecular Hbond substituents is 2. The first-order valence-corrected chi connectivity index (χ1v) is 7.18. The number of hydrogen-bond donors (Lipinski definition) is 3. The van der Waals surface area contributed by atoms with Crippen LogP contribution in [0.1, 0.15) is 25.5 Å². The Hall–Kier alpha value is -0.870. The Kier molecular flexibility index (Phi) is 5.65. The van der Waals surface area contributed by atoms with Crippen LogP contribution in [-0.4, -0.2) is 28.8 Å². The van der Waals surface area contributed by atoms with Crippen LogP contribution in [-0.2, 0) is 0 Å². The number of phenols is 2. The normalized spacial score (nSPS) is 14.5. The predicted molar refractivity (Wildman–Crippen MR) is 73.7 cm³/mol. The number of rotatable bonds is 6. The Morgan fingerprint density at radius 1 is 1.24 bits per heavy atom. The second-order valence-corrected chi connectivity index (χ2v) is 5.31. The van der Waals surface area contributed by atoms with Gasteiger partial charge in [-0.1, -0.05) is 13.0 Å². The monoisotopic (exact) mass is 255 g/mol. The van der Waals surface area contributed by atoms with E-state index in [9.17, 15) is 10.2 Å². The molecule has 4 heteroatoms. The average molecular weight is 255 g/mol. The molecule has 0 bridgehead atoms. The van der Waals surface area contributed by atoms with Crippen LogP contribution in [0.15, 0.2) is 18.2 Å². The van der Waals surface area contributed by atoms with Crippen LogP contribution in [0.25, 0.3) is 0 Å².